The van der Waals surface area contributed by atoms with Crippen molar-refractivity contribution in [2.45, 2.75) is 27.3 Å². The second-order valence-electron chi connectivity index (χ2n) is 4.60. The van der Waals surface area contributed by atoms with E-state index in [0.717, 1.165) is 24.6 Å². The third-order valence-corrected chi connectivity index (χ3v) is 3.46. The highest BCUT2D eigenvalue weighted by Gasteiger charge is 2.11. The van der Waals surface area contributed by atoms with Gasteiger partial charge in [0.15, 0.2) is 0 Å². The number of nitrogens with zero attached hydrogens (tertiary/aromatic N) is 1. The van der Waals surface area contributed by atoms with Crippen LogP contribution in [0.3, 0.4) is 0 Å². The average Bonchev–Trinajstić information content (AvgIpc) is 2.26. The molecule has 0 saturated heterocycles. The Balaban J connectivity index is 3.02. The molecule has 0 aliphatic heterocycles. The van der Waals surface area contributed by atoms with Crippen LogP contribution in [0.25, 0.3) is 0 Å². The molecular weight excluding hydrogens is 230 g/mol. The Morgan fingerprint density at radius 3 is 2.41 bits per heavy atom. The number of methoxy groups -OCH3 is 1. The summed E-state index contributed by atoms with van der Waals surface area (Å²) in [5.41, 5.74) is 5.18. The van der Waals surface area contributed by atoms with E-state index in [1.807, 2.05) is 0 Å². The van der Waals surface area contributed by atoms with Crippen LogP contribution < -0.4 is 4.74 Å². The van der Waals surface area contributed by atoms with Gasteiger partial charge in [0, 0.05) is 18.8 Å². The highest BCUT2D eigenvalue weighted by Crippen LogP contribution is 2.28. The first-order valence-corrected chi connectivity index (χ1v) is 6.57. The van der Waals surface area contributed by atoms with E-state index >= 15 is 0 Å². The SMILES string of the molecule is COc1c(C)cc(CN(C)CCS)c(C)c1C. The van der Waals surface area contributed by atoms with E-state index in [2.05, 4.69) is 51.4 Å². The van der Waals surface area contributed by atoms with Crippen LogP contribution in [0.5, 0.6) is 5.75 Å². The van der Waals surface area contributed by atoms with E-state index in [0.29, 0.717) is 0 Å². The summed E-state index contributed by atoms with van der Waals surface area (Å²) in [5, 5.41) is 0. The molecule has 0 saturated carbocycles. The minimum atomic E-state index is 0.893. The van der Waals surface area contributed by atoms with Gasteiger partial charge >= 0.3 is 0 Å². The maximum atomic E-state index is 5.44. The second kappa shape index (κ2) is 6.31. The monoisotopic (exact) mass is 253 g/mol. The number of thiol groups is 1. The average molecular weight is 253 g/mol. The normalized spacial score (nSPS) is 11.0. The first-order valence-electron chi connectivity index (χ1n) is 5.94. The molecule has 0 N–H and O–H groups in total. The first-order chi connectivity index (χ1) is 8.01. The van der Waals surface area contributed by atoms with E-state index < -0.39 is 0 Å². The predicted octanol–water partition coefficient (Wildman–Crippen LogP) is 2.98. The molecule has 0 bridgehead atoms. The Labute approximate surface area is 110 Å². The lowest BCUT2D eigenvalue weighted by atomic mass is 9.98. The van der Waals surface area contributed by atoms with Crippen molar-refractivity contribution in [3.8, 4) is 5.75 Å². The Hall–Kier alpha value is -0.670. The second-order valence-corrected chi connectivity index (χ2v) is 5.04. The molecule has 0 aliphatic rings. The van der Waals surface area contributed by atoms with Gasteiger partial charge in [-0.3, -0.25) is 0 Å². The lowest BCUT2D eigenvalue weighted by molar-refractivity contribution is 0.347. The summed E-state index contributed by atoms with van der Waals surface area (Å²) in [5.74, 6) is 1.91. The van der Waals surface area contributed by atoms with E-state index in [1.54, 1.807) is 7.11 Å². The molecule has 1 aromatic carbocycles. The summed E-state index contributed by atoms with van der Waals surface area (Å²) in [6.07, 6.45) is 0. The van der Waals surface area contributed by atoms with Crippen molar-refractivity contribution in [3.05, 3.63) is 28.3 Å². The van der Waals surface area contributed by atoms with Gasteiger partial charge in [-0.2, -0.15) is 12.6 Å². The van der Waals surface area contributed by atoms with Gasteiger partial charge in [-0.25, -0.2) is 0 Å². The number of hydrogen-bond acceptors (Lipinski definition) is 3. The van der Waals surface area contributed by atoms with Gasteiger partial charge < -0.3 is 9.64 Å². The maximum absolute atomic E-state index is 5.44. The summed E-state index contributed by atoms with van der Waals surface area (Å²) < 4.78 is 5.44. The zero-order chi connectivity index (χ0) is 13.0. The third-order valence-electron chi connectivity index (χ3n) is 3.26. The highest BCUT2D eigenvalue weighted by atomic mass is 32.1. The Morgan fingerprint density at radius 1 is 1.24 bits per heavy atom. The number of hydrogen-bond donors (Lipinski definition) is 1. The highest BCUT2D eigenvalue weighted by molar-refractivity contribution is 7.80. The molecule has 1 aromatic rings. The first kappa shape index (κ1) is 14.4. The fourth-order valence-corrected chi connectivity index (χ4v) is 2.50. The van der Waals surface area contributed by atoms with Crippen molar-refractivity contribution >= 4 is 12.6 Å². The number of benzene rings is 1. The molecule has 0 aromatic heterocycles. The Bertz CT molecular complexity index is 390. The van der Waals surface area contributed by atoms with Gasteiger partial charge in [0.25, 0.3) is 0 Å². The number of aryl methyl sites for hydroxylation is 1. The molecule has 0 amide bonds. The van der Waals surface area contributed by atoms with Crippen LogP contribution >= 0.6 is 12.6 Å². The lowest BCUT2D eigenvalue weighted by Gasteiger charge is -2.20. The molecule has 17 heavy (non-hydrogen) atoms. The van der Waals surface area contributed by atoms with Gasteiger partial charge in [0.1, 0.15) is 5.75 Å². The predicted molar refractivity (Wildman–Crippen MR) is 77.4 cm³/mol. The lowest BCUT2D eigenvalue weighted by Crippen LogP contribution is -2.21. The summed E-state index contributed by atoms with van der Waals surface area (Å²) in [4.78, 5) is 2.29. The molecule has 0 fully saturated rings. The van der Waals surface area contributed by atoms with E-state index in [4.69, 9.17) is 4.74 Å². The zero-order valence-corrected chi connectivity index (χ0v) is 12.4. The standard InChI is InChI=1S/C14H23NOS/c1-10-8-13(9-15(4)6-7-17)11(2)12(3)14(10)16-5/h8,17H,6-7,9H2,1-5H3. The van der Waals surface area contributed by atoms with Gasteiger partial charge in [-0.05, 0) is 50.1 Å². The molecule has 2 nitrogen and oxygen atoms in total. The Morgan fingerprint density at radius 2 is 1.88 bits per heavy atom. The van der Waals surface area contributed by atoms with Crippen molar-refractivity contribution < 1.29 is 4.74 Å². The Kier molecular flexibility index (Phi) is 5.34. The van der Waals surface area contributed by atoms with Crippen LogP contribution in [-0.4, -0.2) is 31.4 Å². The summed E-state index contributed by atoms with van der Waals surface area (Å²) in [6, 6.07) is 2.23. The number of rotatable bonds is 5. The molecule has 0 spiro atoms. The zero-order valence-electron chi connectivity index (χ0n) is 11.5. The van der Waals surface area contributed by atoms with Crippen LogP contribution in [0.4, 0.5) is 0 Å². The smallest absolute Gasteiger partial charge is 0.124 e. The molecule has 0 radical (unpaired) electrons. The van der Waals surface area contributed by atoms with Crippen LogP contribution in [0.2, 0.25) is 0 Å². The van der Waals surface area contributed by atoms with E-state index in [-0.39, 0.29) is 0 Å². The van der Waals surface area contributed by atoms with Crippen LogP contribution in [0.15, 0.2) is 6.07 Å². The molecule has 0 atom stereocenters. The van der Waals surface area contributed by atoms with Gasteiger partial charge in [0.2, 0.25) is 0 Å². The molecule has 96 valence electrons. The van der Waals surface area contributed by atoms with Gasteiger partial charge in [-0.15, -0.1) is 0 Å². The minimum absolute atomic E-state index is 0.893. The molecule has 0 unspecified atom stereocenters. The van der Waals surface area contributed by atoms with Gasteiger partial charge in [0.05, 0.1) is 7.11 Å². The molecule has 0 heterocycles. The van der Waals surface area contributed by atoms with Crippen molar-refractivity contribution in [2.75, 3.05) is 26.5 Å². The molecule has 3 heteroatoms. The van der Waals surface area contributed by atoms with E-state index in [1.165, 1.54) is 22.3 Å². The minimum Gasteiger partial charge on any atom is -0.496 e. The van der Waals surface area contributed by atoms with Crippen molar-refractivity contribution in [2.24, 2.45) is 0 Å². The van der Waals surface area contributed by atoms with Gasteiger partial charge in [-0.1, -0.05) is 6.07 Å². The topological polar surface area (TPSA) is 12.5 Å². The fourth-order valence-electron chi connectivity index (χ4n) is 2.16. The van der Waals surface area contributed by atoms with Crippen molar-refractivity contribution in [1.29, 1.82) is 0 Å². The quantitative estimate of drug-likeness (QED) is 0.810. The molecular formula is C14H23NOS. The van der Waals surface area contributed by atoms with Crippen LogP contribution in [0.1, 0.15) is 22.3 Å². The third kappa shape index (κ3) is 3.39. The number of ether oxygens (including phenoxy) is 1. The largest absolute Gasteiger partial charge is 0.496 e. The molecule has 1 rings (SSSR count). The van der Waals surface area contributed by atoms with Crippen molar-refractivity contribution in [3.63, 3.8) is 0 Å². The van der Waals surface area contributed by atoms with Crippen molar-refractivity contribution in [1.82, 2.24) is 4.90 Å². The molecule has 0 aliphatic carbocycles. The van der Waals surface area contributed by atoms with E-state index in [9.17, 15) is 0 Å². The maximum Gasteiger partial charge on any atom is 0.124 e. The van der Waals surface area contributed by atoms with Crippen LogP contribution in [0, 0.1) is 20.8 Å². The summed E-state index contributed by atoms with van der Waals surface area (Å²) in [6.45, 7) is 8.38. The van der Waals surface area contributed by atoms with Crippen LogP contribution in [-0.2, 0) is 6.54 Å². The summed E-state index contributed by atoms with van der Waals surface area (Å²) in [7, 11) is 3.87. The summed E-state index contributed by atoms with van der Waals surface area (Å²) >= 11 is 4.26. The fraction of sp³-hybridized carbons (Fsp3) is 0.571.